The Hall–Kier alpha value is -11.7. The van der Waals surface area contributed by atoms with Gasteiger partial charge < -0.3 is 44.6 Å². The Labute approximate surface area is 662 Å². The zero-order chi connectivity index (χ0) is 81.7. The van der Waals surface area contributed by atoms with Crippen molar-refractivity contribution in [3.05, 3.63) is 327 Å². The van der Waals surface area contributed by atoms with Gasteiger partial charge in [0, 0.05) is 133 Å². The molecule has 0 bridgehead atoms. The number of non-ortho nitro benzene ring substituents is 1. The fourth-order valence-electron chi connectivity index (χ4n) is 9.15. The summed E-state index contributed by atoms with van der Waals surface area (Å²) in [6, 6.07) is 80.5. The smallest absolute Gasteiger partial charge is 0.300 e. The summed E-state index contributed by atoms with van der Waals surface area (Å²) in [6.45, 7) is 25.1. The molecule has 0 fully saturated rings. The molecule has 14 N–H and O–H groups in total. The van der Waals surface area contributed by atoms with Crippen LogP contribution in [0.25, 0.3) is 33.4 Å². The number of carbonyl (C=O) groups excluding carboxylic acids is 5. The van der Waals surface area contributed by atoms with E-state index in [2.05, 4.69) is 0 Å². The van der Waals surface area contributed by atoms with Crippen LogP contribution in [0, 0.1) is 10.1 Å². The van der Waals surface area contributed by atoms with Crippen LogP contribution >= 0.6 is 11.6 Å². The van der Waals surface area contributed by atoms with Crippen LogP contribution in [0.1, 0.15) is 164 Å². The van der Waals surface area contributed by atoms with Gasteiger partial charge in [0.15, 0.2) is 23.1 Å². The summed E-state index contributed by atoms with van der Waals surface area (Å²) in [6.07, 6.45) is 1.37. The summed E-state index contributed by atoms with van der Waals surface area (Å²) in [5.74, 6) is -0.582. The first-order chi connectivity index (χ1) is 52.0. The molecule has 109 heavy (non-hydrogen) atoms. The molecule has 0 aliphatic rings. The van der Waals surface area contributed by atoms with Crippen molar-refractivity contribution in [3.63, 3.8) is 0 Å². The third-order valence-electron chi connectivity index (χ3n) is 14.3. The predicted molar refractivity (Wildman–Crippen MR) is 453 cm³/mol. The Morgan fingerprint density at radius 1 is 0.294 bits per heavy atom. The summed E-state index contributed by atoms with van der Waals surface area (Å²) < 4.78 is 0. The number of carboxylic acids is 1. The van der Waals surface area contributed by atoms with Crippen molar-refractivity contribution in [1.29, 1.82) is 0 Å². The second-order valence-electron chi connectivity index (χ2n) is 21.5. The molecular formula is C90H108ClN7O10Zn. The number of benzene rings is 11. The van der Waals surface area contributed by atoms with Gasteiger partial charge in [0.2, 0.25) is 0 Å². The quantitative estimate of drug-likeness (QED) is 0.0105. The van der Waals surface area contributed by atoms with E-state index in [1.54, 1.807) is 97.1 Å². The largest absolute Gasteiger partial charge is 0.481 e. The van der Waals surface area contributed by atoms with E-state index in [0.29, 0.717) is 70.7 Å². The monoisotopic (exact) mass is 1550 g/mol. The third kappa shape index (κ3) is 37.9. The summed E-state index contributed by atoms with van der Waals surface area (Å²) in [5.41, 5.74) is 51.3. The van der Waals surface area contributed by atoms with Crippen LogP contribution in [0.3, 0.4) is 0 Å². The van der Waals surface area contributed by atoms with E-state index < -0.39 is 16.1 Å². The van der Waals surface area contributed by atoms with Crippen molar-refractivity contribution in [2.24, 2.45) is 0 Å². The number of anilines is 6. The van der Waals surface area contributed by atoms with Crippen LogP contribution in [0.2, 0.25) is 0 Å². The van der Waals surface area contributed by atoms with Gasteiger partial charge in [0.05, 0.1) is 4.92 Å². The Morgan fingerprint density at radius 3 is 0.578 bits per heavy atom. The van der Waals surface area contributed by atoms with Gasteiger partial charge >= 0.3 is 0 Å². The molecule has 0 aromatic heterocycles. The van der Waals surface area contributed by atoms with E-state index in [0.717, 1.165) is 81.0 Å². The normalized spacial score (nSPS) is 9.17. The van der Waals surface area contributed by atoms with Gasteiger partial charge in [-0.1, -0.05) is 204 Å². The average molecular weight is 1550 g/mol. The van der Waals surface area contributed by atoms with E-state index in [1.807, 2.05) is 229 Å². The minimum Gasteiger partial charge on any atom is -0.481 e. The number of halogens is 1. The van der Waals surface area contributed by atoms with Gasteiger partial charge in [-0.3, -0.25) is 38.9 Å². The molecule has 0 saturated heterocycles. The average Bonchev–Trinajstić information content (AvgIpc) is 0.846. The number of aliphatic hydroxyl groups excluding tert-OH is 1. The number of hydrogen-bond acceptors (Lipinski definition) is 15. The standard InChI is InChI=1S/2C28H24N2O2.C12H12N2.C7H4ClNO3.C2H4O2.6C2H6.CH4O.Zn/c2*29-25-13-9-23(10-14-25)27(31)17-19-1-5-21(6-2-19)22-7-3-20(4-8-22)18-28(32)24-11-15-26(30)16-12-24;13-11-5-1-9(2-6-11)10-3-7-12(14)8-4-10;8-7(10)5-1-3-6(4-2-5)9(11)12;1-2(3)4;7*1-2;/h2*1-16H,17-18,29-30H2;1-8H,13-14H2;1-4H;1H3,(H,3,4);6*1-2H3;2H,1H3;. The maximum atomic E-state index is 12.5. The van der Waals surface area contributed by atoms with Crippen molar-refractivity contribution in [2.45, 2.75) is 116 Å². The first-order valence-corrected chi connectivity index (χ1v) is 36.1. The Kier molecular flexibility index (Phi) is 52.5. The van der Waals surface area contributed by atoms with Gasteiger partial charge in [-0.15, -0.1) is 0 Å². The Morgan fingerprint density at radius 2 is 0.431 bits per heavy atom. The van der Waals surface area contributed by atoms with Crippen LogP contribution in [0.15, 0.2) is 267 Å². The molecule has 572 valence electrons. The number of Topliss-reactive ketones (excluding diaryl/α,β-unsaturated/α-hetero) is 4. The van der Waals surface area contributed by atoms with Crippen LogP contribution < -0.4 is 34.4 Å². The number of nitro groups is 1. The number of nitrogen functional groups attached to an aromatic ring is 6. The van der Waals surface area contributed by atoms with Crippen molar-refractivity contribution in [1.82, 2.24) is 0 Å². The number of hydrogen-bond donors (Lipinski definition) is 8. The van der Waals surface area contributed by atoms with Gasteiger partial charge in [0.1, 0.15) is 0 Å². The molecule has 17 nitrogen and oxygen atoms in total. The van der Waals surface area contributed by atoms with E-state index >= 15 is 0 Å². The van der Waals surface area contributed by atoms with Gasteiger partial charge in [0.25, 0.3) is 16.9 Å². The Balaban J connectivity index is 0. The molecule has 0 saturated carbocycles. The van der Waals surface area contributed by atoms with Crippen LogP contribution in [0.5, 0.6) is 0 Å². The van der Waals surface area contributed by atoms with Crippen LogP contribution in [-0.2, 0) is 50.0 Å². The molecular weight excluding hydrogens is 1440 g/mol. The van der Waals surface area contributed by atoms with Crippen molar-refractivity contribution >= 4 is 85.8 Å². The number of aliphatic carboxylic acids is 1. The minimum absolute atomic E-state index is 0. The molecule has 11 aromatic carbocycles. The SMILES string of the molecule is CC.CC.CC.CC.CC.CC.CC(=O)O.CO.Nc1ccc(-c2ccc(N)cc2)cc1.Nc1ccc(C(=O)Cc2ccc(-c3ccc(CC(=O)c4ccc(N)cc4)cc3)cc2)cc1.Nc1ccc(C(=O)Cc2ccc(-c3ccc(CC(=O)c4ccc(N)cc4)cc3)cc2)cc1.O=C(Cl)c1ccc([N+](=O)[O-])cc1.[Zn]. The summed E-state index contributed by atoms with van der Waals surface area (Å²) in [5, 5.41) is 24.0. The number of nitro benzene ring substituents is 1. The maximum absolute atomic E-state index is 12.5. The molecule has 0 aliphatic heterocycles. The van der Waals surface area contributed by atoms with E-state index in [-0.39, 0.29) is 53.9 Å². The molecule has 19 heteroatoms. The second-order valence-corrected chi connectivity index (χ2v) is 21.9. The van der Waals surface area contributed by atoms with Crippen LogP contribution in [-0.4, -0.2) is 56.6 Å². The zero-order valence-electron chi connectivity index (χ0n) is 65.4. The van der Waals surface area contributed by atoms with E-state index in [1.165, 1.54) is 24.3 Å². The second kappa shape index (κ2) is 57.5. The van der Waals surface area contributed by atoms with Crippen molar-refractivity contribution in [2.75, 3.05) is 41.5 Å². The van der Waals surface area contributed by atoms with Crippen molar-refractivity contribution < 1.29 is 63.4 Å². The molecule has 0 heterocycles. The number of nitrogens with zero attached hydrogens (tertiary/aromatic N) is 1. The first-order valence-electron chi connectivity index (χ1n) is 35.8. The Bertz CT molecular complexity index is 3870. The van der Waals surface area contributed by atoms with Gasteiger partial charge in [-0.25, -0.2) is 0 Å². The number of carbonyl (C=O) groups is 6. The number of aliphatic hydroxyl groups is 1. The van der Waals surface area contributed by atoms with Crippen LogP contribution in [0.4, 0.5) is 39.8 Å². The number of ketones is 4. The number of rotatable bonds is 17. The maximum Gasteiger partial charge on any atom is 0.300 e. The van der Waals surface area contributed by atoms with Gasteiger partial charge in [-0.05, 0) is 201 Å². The number of nitrogens with two attached hydrogens (primary N) is 6. The van der Waals surface area contributed by atoms with E-state index in [4.69, 9.17) is 61.0 Å². The summed E-state index contributed by atoms with van der Waals surface area (Å²) >= 11 is 5.13. The third-order valence-corrected chi connectivity index (χ3v) is 14.5. The first kappa shape index (κ1) is 99.4. The molecule has 0 spiro atoms. The number of carboxylic acid groups (broad SMARTS) is 1. The zero-order valence-corrected chi connectivity index (χ0v) is 69.1. The molecule has 0 radical (unpaired) electrons. The van der Waals surface area contributed by atoms with Gasteiger partial charge in [-0.2, -0.15) is 0 Å². The molecule has 11 rings (SSSR count). The predicted octanol–water partition coefficient (Wildman–Crippen LogP) is 21.1. The molecule has 0 atom stereocenters. The minimum atomic E-state index is -0.833. The topological polar surface area (TPSA) is 342 Å². The van der Waals surface area contributed by atoms with Crippen molar-refractivity contribution in [3.8, 4) is 33.4 Å². The summed E-state index contributed by atoms with van der Waals surface area (Å²) in [4.78, 5) is 79.0. The molecule has 0 unspecified atom stereocenters. The fraction of sp³-hybridized carbons (Fsp3) is 0.200. The molecule has 11 aromatic rings. The fourth-order valence-corrected chi connectivity index (χ4v) is 9.28. The molecule has 0 amide bonds. The summed E-state index contributed by atoms with van der Waals surface area (Å²) in [7, 11) is 1.00. The molecule has 0 aliphatic carbocycles. The van der Waals surface area contributed by atoms with E-state index in [9.17, 15) is 34.1 Å².